The van der Waals surface area contributed by atoms with E-state index in [9.17, 15) is 19.8 Å². The number of rotatable bonds is 6. The first-order valence-electron chi connectivity index (χ1n) is 7.06. The van der Waals surface area contributed by atoms with E-state index in [1.807, 2.05) is 19.1 Å². The molecule has 2 rings (SSSR count). The Labute approximate surface area is 129 Å². The van der Waals surface area contributed by atoms with Crippen LogP contribution in [0.4, 0.5) is 0 Å². The molecule has 0 aliphatic carbocycles. The topological polar surface area (TPSA) is 74.6 Å². The first-order valence-corrected chi connectivity index (χ1v) is 7.06. The van der Waals surface area contributed by atoms with Gasteiger partial charge in [0.1, 0.15) is 5.75 Å². The van der Waals surface area contributed by atoms with E-state index in [1.165, 1.54) is 12.1 Å². The normalized spacial score (nSPS) is 11.9. The van der Waals surface area contributed by atoms with Crippen LogP contribution in [-0.2, 0) is 11.2 Å². The highest BCUT2D eigenvalue weighted by molar-refractivity contribution is 5.98. The SMILES string of the molecule is Cc1ccc(C(=O)C[C@@H](Cc2ccc(O)cc2)C(=O)O)cc1. The average molecular weight is 298 g/mol. The second kappa shape index (κ2) is 6.89. The van der Waals surface area contributed by atoms with Gasteiger partial charge in [-0.2, -0.15) is 0 Å². The number of ketones is 1. The molecule has 114 valence electrons. The molecule has 0 aromatic heterocycles. The number of carboxylic acids is 1. The number of aromatic hydroxyl groups is 1. The quantitative estimate of drug-likeness (QED) is 0.803. The van der Waals surface area contributed by atoms with Gasteiger partial charge in [-0.3, -0.25) is 9.59 Å². The zero-order valence-electron chi connectivity index (χ0n) is 12.3. The fourth-order valence-electron chi connectivity index (χ4n) is 2.24. The van der Waals surface area contributed by atoms with Gasteiger partial charge in [-0.25, -0.2) is 0 Å². The monoisotopic (exact) mass is 298 g/mol. The van der Waals surface area contributed by atoms with Gasteiger partial charge in [-0.1, -0.05) is 42.0 Å². The average Bonchev–Trinajstić information content (AvgIpc) is 2.49. The second-order valence-electron chi connectivity index (χ2n) is 5.40. The van der Waals surface area contributed by atoms with Crippen molar-refractivity contribution in [1.29, 1.82) is 0 Å². The molecule has 0 spiro atoms. The van der Waals surface area contributed by atoms with Crippen LogP contribution >= 0.6 is 0 Å². The van der Waals surface area contributed by atoms with Gasteiger partial charge in [-0.15, -0.1) is 0 Å². The third kappa shape index (κ3) is 4.19. The predicted octanol–water partition coefficient (Wildman–Crippen LogP) is 3.22. The third-order valence-electron chi connectivity index (χ3n) is 3.57. The molecule has 0 fully saturated rings. The molecular weight excluding hydrogens is 280 g/mol. The molecular formula is C18H18O4. The third-order valence-corrected chi connectivity index (χ3v) is 3.57. The van der Waals surface area contributed by atoms with Crippen molar-refractivity contribution in [3.8, 4) is 5.75 Å². The molecule has 22 heavy (non-hydrogen) atoms. The minimum Gasteiger partial charge on any atom is -0.508 e. The Bertz CT molecular complexity index is 656. The molecule has 1 atom stereocenters. The van der Waals surface area contributed by atoms with E-state index >= 15 is 0 Å². The van der Waals surface area contributed by atoms with Crippen molar-refractivity contribution >= 4 is 11.8 Å². The smallest absolute Gasteiger partial charge is 0.307 e. The number of hydrogen-bond acceptors (Lipinski definition) is 3. The molecule has 4 nitrogen and oxygen atoms in total. The number of Topliss-reactive ketones (excluding diaryl/α,β-unsaturated/α-hetero) is 1. The number of aryl methyl sites for hydroxylation is 1. The van der Waals surface area contributed by atoms with Crippen LogP contribution in [0.25, 0.3) is 0 Å². The van der Waals surface area contributed by atoms with Crippen LogP contribution in [0.3, 0.4) is 0 Å². The Morgan fingerprint density at radius 3 is 2.14 bits per heavy atom. The van der Waals surface area contributed by atoms with Crippen LogP contribution in [-0.4, -0.2) is 22.0 Å². The zero-order valence-corrected chi connectivity index (χ0v) is 12.3. The summed E-state index contributed by atoms with van der Waals surface area (Å²) >= 11 is 0. The molecule has 0 saturated carbocycles. The van der Waals surface area contributed by atoms with Crippen LogP contribution < -0.4 is 0 Å². The summed E-state index contributed by atoms with van der Waals surface area (Å²) in [6.07, 6.45) is 0.215. The number of carbonyl (C=O) groups is 2. The van der Waals surface area contributed by atoms with E-state index in [2.05, 4.69) is 0 Å². The Balaban J connectivity index is 2.08. The zero-order chi connectivity index (χ0) is 16.1. The number of benzene rings is 2. The van der Waals surface area contributed by atoms with Crippen LogP contribution in [0.2, 0.25) is 0 Å². The van der Waals surface area contributed by atoms with Crippen molar-refractivity contribution in [2.75, 3.05) is 0 Å². The Hall–Kier alpha value is -2.62. The van der Waals surface area contributed by atoms with Gasteiger partial charge in [0.25, 0.3) is 0 Å². The highest BCUT2D eigenvalue weighted by Crippen LogP contribution is 2.18. The molecule has 2 N–H and O–H groups in total. The molecule has 0 saturated heterocycles. The number of carboxylic acid groups (broad SMARTS) is 1. The molecule has 0 bridgehead atoms. The summed E-state index contributed by atoms with van der Waals surface area (Å²) in [6.45, 7) is 1.93. The fraction of sp³-hybridized carbons (Fsp3) is 0.222. The first-order chi connectivity index (χ1) is 10.5. The van der Waals surface area contributed by atoms with Gasteiger partial charge in [0.15, 0.2) is 5.78 Å². The van der Waals surface area contributed by atoms with E-state index < -0.39 is 11.9 Å². The number of aliphatic carboxylic acids is 1. The maximum absolute atomic E-state index is 12.2. The first kappa shape index (κ1) is 15.8. The van der Waals surface area contributed by atoms with Crippen LogP contribution in [0.5, 0.6) is 5.75 Å². The molecule has 0 radical (unpaired) electrons. The Morgan fingerprint density at radius 1 is 1.00 bits per heavy atom. The highest BCUT2D eigenvalue weighted by atomic mass is 16.4. The van der Waals surface area contributed by atoms with Crippen LogP contribution in [0.1, 0.15) is 27.9 Å². The summed E-state index contributed by atoms with van der Waals surface area (Å²) in [4.78, 5) is 23.6. The van der Waals surface area contributed by atoms with E-state index in [4.69, 9.17) is 0 Å². The Morgan fingerprint density at radius 2 is 1.59 bits per heavy atom. The van der Waals surface area contributed by atoms with E-state index in [1.54, 1.807) is 24.3 Å². The maximum Gasteiger partial charge on any atom is 0.307 e. The van der Waals surface area contributed by atoms with Crippen molar-refractivity contribution < 1.29 is 19.8 Å². The molecule has 4 heteroatoms. The van der Waals surface area contributed by atoms with Gasteiger partial charge < -0.3 is 10.2 Å². The summed E-state index contributed by atoms with van der Waals surface area (Å²) in [7, 11) is 0. The lowest BCUT2D eigenvalue weighted by molar-refractivity contribution is -0.141. The highest BCUT2D eigenvalue weighted by Gasteiger charge is 2.22. The lowest BCUT2D eigenvalue weighted by Crippen LogP contribution is -2.20. The van der Waals surface area contributed by atoms with E-state index in [-0.39, 0.29) is 24.4 Å². The molecule has 0 heterocycles. The molecule has 0 aliphatic heterocycles. The summed E-state index contributed by atoms with van der Waals surface area (Å²) in [5, 5.41) is 18.6. The molecule has 0 aliphatic rings. The number of phenolic OH excluding ortho intramolecular Hbond substituents is 1. The van der Waals surface area contributed by atoms with Gasteiger partial charge in [-0.05, 0) is 31.0 Å². The van der Waals surface area contributed by atoms with Gasteiger partial charge in [0.2, 0.25) is 0 Å². The minimum atomic E-state index is -0.992. The lowest BCUT2D eigenvalue weighted by atomic mass is 9.92. The van der Waals surface area contributed by atoms with Crippen molar-refractivity contribution in [3.63, 3.8) is 0 Å². The van der Waals surface area contributed by atoms with Crippen LogP contribution in [0.15, 0.2) is 48.5 Å². The van der Waals surface area contributed by atoms with Crippen molar-refractivity contribution in [1.82, 2.24) is 0 Å². The van der Waals surface area contributed by atoms with E-state index in [0.717, 1.165) is 11.1 Å². The van der Waals surface area contributed by atoms with Crippen LogP contribution in [0, 0.1) is 12.8 Å². The van der Waals surface area contributed by atoms with Gasteiger partial charge in [0.05, 0.1) is 5.92 Å². The fourth-order valence-corrected chi connectivity index (χ4v) is 2.24. The van der Waals surface area contributed by atoms with E-state index in [0.29, 0.717) is 5.56 Å². The standard InChI is InChI=1S/C18H18O4/c1-12-2-6-14(7-3-12)17(20)11-15(18(21)22)10-13-4-8-16(19)9-5-13/h2-9,15,19H,10-11H2,1H3,(H,21,22)/t15-/m1/s1. The molecule has 2 aromatic rings. The lowest BCUT2D eigenvalue weighted by Gasteiger charge is -2.12. The summed E-state index contributed by atoms with van der Waals surface area (Å²) in [6, 6.07) is 13.5. The van der Waals surface area contributed by atoms with Crippen molar-refractivity contribution in [2.45, 2.75) is 19.8 Å². The number of phenols is 1. The summed E-state index contributed by atoms with van der Waals surface area (Å²) in [5.41, 5.74) is 2.36. The minimum absolute atomic E-state index is 0.0424. The molecule has 0 amide bonds. The van der Waals surface area contributed by atoms with Crippen molar-refractivity contribution in [2.24, 2.45) is 5.92 Å². The second-order valence-corrected chi connectivity index (χ2v) is 5.40. The Kier molecular flexibility index (Phi) is 4.94. The van der Waals surface area contributed by atoms with Gasteiger partial charge in [0, 0.05) is 12.0 Å². The van der Waals surface area contributed by atoms with Crippen molar-refractivity contribution in [3.05, 3.63) is 65.2 Å². The molecule has 2 aromatic carbocycles. The van der Waals surface area contributed by atoms with Gasteiger partial charge >= 0.3 is 5.97 Å². The summed E-state index contributed by atoms with van der Waals surface area (Å²) < 4.78 is 0. The number of carbonyl (C=O) groups excluding carboxylic acids is 1. The maximum atomic E-state index is 12.2. The summed E-state index contributed by atoms with van der Waals surface area (Å²) in [5.74, 6) is -1.82. The largest absolute Gasteiger partial charge is 0.508 e. The molecule has 0 unspecified atom stereocenters. The number of hydrogen-bond donors (Lipinski definition) is 2. The predicted molar refractivity (Wildman–Crippen MR) is 83.1 cm³/mol.